The second-order valence-corrected chi connectivity index (χ2v) is 6.52. The van der Waals surface area contributed by atoms with Gasteiger partial charge < -0.3 is 5.32 Å². The van der Waals surface area contributed by atoms with E-state index >= 15 is 0 Å². The highest BCUT2D eigenvalue weighted by atomic mass is 79.9. The number of alkyl halides is 1. The normalized spacial score (nSPS) is 12.6. The average molecular weight is 414 g/mol. The number of amides is 1. The highest BCUT2D eigenvalue weighted by Crippen LogP contribution is 2.27. The number of carbonyl (C=O) groups excluding carboxylic acids is 1. The van der Waals surface area contributed by atoms with Crippen LogP contribution >= 0.6 is 47.8 Å². The van der Waals surface area contributed by atoms with Crippen molar-refractivity contribution in [1.82, 2.24) is 0 Å². The fourth-order valence-corrected chi connectivity index (χ4v) is 1.92. The first-order valence-corrected chi connectivity index (χ1v) is 7.32. The molecule has 0 spiro atoms. The number of hydrogen-bond donors (Lipinski definition) is 1. The molecule has 0 saturated carbocycles. The molecular formula is C11H12Br3NO. The third-order valence-corrected chi connectivity index (χ3v) is 4.68. The van der Waals surface area contributed by atoms with E-state index in [1.807, 2.05) is 32.0 Å². The molecule has 0 aliphatic heterocycles. The third-order valence-electron chi connectivity index (χ3n) is 2.02. The van der Waals surface area contributed by atoms with Gasteiger partial charge in [-0.3, -0.25) is 4.79 Å². The molecule has 0 aromatic heterocycles. The Balaban J connectivity index is 2.80. The second-order valence-electron chi connectivity index (χ2n) is 3.76. The van der Waals surface area contributed by atoms with E-state index in [2.05, 4.69) is 53.1 Å². The summed E-state index contributed by atoms with van der Waals surface area (Å²) >= 11 is 10.1. The number of rotatable bonds is 3. The van der Waals surface area contributed by atoms with Crippen LogP contribution in [-0.2, 0) is 4.79 Å². The number of nitrogens with one attached hydrogen (secondary N) is 1. The van der Waals surface area contributed by atoms with E-state index in [0.29, 0.717) is 0 Å². The van der Waals surface area contributed by atoms with Crippen LogP contribution in [0.25, 0.3) is 0 Å². The Labute approximate surface area is 121 Å². The maximum Gasteiger partial charge on any atom is 0.238 e. The minimum Gasteiger partial charge on any atom is -0.324 e. The van der Waals surface area contributed by atoms with E-state index < -0.39 is 0 Å². The van der Waals surface area contributed by atoms with Gasteiger partial charge in [0.1, 0.15) is 0 Å². The van der Waals surface area contributed by atoms with E-state index in [0.717, 1.165) is 14.6 Å². The van der Waals surface area contributed by atoms with Crippen molar-refractivity contribution >= 4 is 59.4 Å². The summed E-state index contributed by atoms with van der Waals surface area (Å²) in [6.07, 6.45) is 0. The van der Waals surface area contributed by atoms with Gasteiger partial charge in [0.05, 0.1) is 10.5 Å². The molecule has 1 aromatic carbocycles. The van der Waals surface area contributed by atoms with Gasteiger partial charge in [0, 0.05) is 8.95 Å². The minimum atomic E-state index is -0.182. The van der Waals surface area contributed by atoms with Crippen molar-refractivity contribution in [3.8, 4) is 0 Å². The van der Waals surface area contributed by atoms with Crippen LogP contribution in [0, 0.1) is 5.92 Å². The molecule has 1 amide bonds. The number of anilines is 1. The highest BCUT2D eigenvalue weighted by Gasteiger charge is 2.19. The summed E-state index contributed by atoms with van der Waals surface area (Å²) in [5.41, 5.74) is 0.768. The van der Waals surface area contributed by atoms with Crippen LogP contribution in [0.4, 0.5) is 5.69 Å². The van der Waals surface area contributed by atoms with Crippen molar-refractivity contribution < 1.29 is 4.79 Å². The number of carbonyl (C=O) groups is 1. The summed E-state index contributed by atoms with van der Waals surface area (Å²) in [5, 5.41) is 2.87. The van der Waals surface area contributed by atoms with Crippen LogP contribution in [0.1, 0.15) is 13.8 Å². The number of halogens is 3. The van der Waals surface area contributed by atoms with Gasteiger partial charge in [-0.1, -0.05) is 45.7 Å². The summed E-state index contributed by atoms with van der Waals surface area (Å²) in [6, 6.07) is 5.66. The first-order valence-electron chi connectivity index (χ1n) is 4.82. The predicted octanol–water partition coefficient (Wildman–Crippen LogP) is 4.57. The Morgan fingerprint density at radius 1 is 1.31 bits per heavy atom. The van der Waals surface area contributed by atoms with Crippen LogP contribution < -0.4 is 5.32 Å². The monoisotopic (exact) mass is 411 g/mol. The number of benzene rings is 1. The van der Waals surface area contributed by atoms with Crippen molar-refractivity contribution in [2.24, 2.45) is 5.92 Å². The predicted molar refractivity (Wildman–Crippen MR) is 78.0 cm³/mol. The Hall–Kier alpha value is 0.130. The lowest BCUT2D eigenvalue weighted by molar-refractivity contribution is -0.116. The van der Waals surface area contributed by atoms with E-state index in [4.69, 9.17) is 0 Å². The van der Waals surface area contributed by atoms with Crippen LogP contribution in [0.2, 0.25) is 0 Å². The van der Waals surface area contributed by atoms with E-state index in [-0.39, 0.29) is 16.7 Å². The van der Waals surface area contributed by atoms with Crippen LogP contribution in [-0.4, -0.2) is 10.7 Å². The molecule has 0 fully saturated rings. The molecule has 16 heavy (non-hydrogen) atoms. The lowest BCUT2D eigenvalue weighted by atomic mass is 10.1. The van der Waals surface area contributed by atoms with E-state index in [9.17, 15) is 4.79 Å². The summed E-state index contributed by atoms with van der Waals surface area (Å²) in [5.74, 6) is 0.222. The average Bonchev–Trinajstić information content (AvgIpc) is 2.22. The zero-order valence-corrected chi connectivity index (χ0v) is 13.7. The molecule has 1 atom stereocenters. The van der Waals surface area contributed by atoms with Gasteiger partial charge in [0.25, 0.3) is 0 Å². The van der Waals surface area contributed by atoms with Crippen LogP contribution in [0.5, 0.6) is 0 Å². The Kier molecular flexibility index (Phi) is 5.47. The molecule has 2 nitrogen and oxygen atoms in total. The largest absolute Gasteiger partial charge is 0.324 e. The molecule has 0 aliphatic rings. The highest BCUT2D eigenvalue weighted by molar-refractivity contribution is 9.11. The van der Waals surface area contributed by atoms with Gasteiger partial charge in [-0.2, -0.15) is 0 Å². The quantitative estimate of drug-likeness (QED) is 0.722. The SMILES string of the molecule is CC(C)C(Br)C(=O)Nc1cc(Br)ccc1Br. The van der Waals surface area contributed by atoms with Crippen molar-refractivity contribution in [3.63, 3.8) is 0 Å². The van der Waals surface area contributed by atoms with Crippen molar-refractivity contribution in [2.45, 2.75) is 18.7 Å². The summed E-state index contributed by atoms with van der Waals surface area (Å²) in [7, 11) is 0. The van der Waals surface area contributed by atoms with Crippen molar-refractivity contribution in [1.29, 1.82) is 0 Å². The van der Waals surface area contributed by atoms with Gasteiger partial charge in [-0.15, -0.1) is 0 Å². The molecule has 88 valence electrons. The van der Waals surface area contributed by atoms with Gasteiger partial charge >= 0.3 is 0 Å². The molecule has 0 heterocycles. The Morgan fingerprint density at radius 2 is 1.94 bits per heavy atom. The van der Waals surface area contributed by atoms with Gasteiger partial charge in [-0.05, 0) is 40.0 Å². The summed E-state index contributed by atoms with van der Waals surface area (Å²) in [4.78, 5) is 11.6. The maximum atomic E-state index is 11.8. The van der Waals surface area contributed by atoms with Gasteiger partial charge in [0.15, 0.2) is 0 Å². The second kappa shape index (κ2) is 6.17. The lowest BCUT2D eigenvalue weighted by Gasteiger charge is -2.14. The number of hydrogen-bond acceptors (Lipinski definition) is 1. The maximum absolute atomic E-state index is 11.8. The molecule has 1 aromatic rings. The summed E-state index contributed by atoms with van der Waals surface area (Å²) < 4.78 is 1.80. The third kappa shape index (κ3) is 3.86. The van der Waals surface area contributed by atoms with Crippen LogP contribution in [0.15, 0.2) is 27.1 Å². The van der Waals surface area contributed by atoms with Crippen molar-refractivity contribution in [3.05, 3.63) is 27.1 Å². The topological polar surface area (TPSA) is 29.1 Å². The Morgan fingerprint density at radius 3 is 2.50 bits per heavy atom. The molecule has 0 radical (unpaired) electrons. The van der Waals surface area contributed by atoms with E-state index in [1.54, 1.807) is 0 Å². The van der Waals surface area contributed by atoms with Crippen molar-refractivity contribution in [2.75, 3.05) is 5.32 Å². The standard InChI is InChI=1S/C11H12Br3NO/c1-6(2)10(14)11(16)15-9-5-7(12)3-4-8(9)13/h3-6,10H,1-2H3,(H,15,16). The molecule has 0 bridgehead atoms. The molecule has 1 unspecified atom stereocenters. The fraction of sp³-hybridized carbons (Fsp3) is 0.364. The first-order chi connectivity index (χ1) is 7.41. The molecular weight excluding hydrogens is 402 g/mol. The molecule has 0 aliphatic carbocycles. The smallest absolute Gasteiger partial charge is 0.238 e. The fourth-order valence-electron chi connectivity index (χ4n) is 1.10. The Bertz CT molecular complexity index is 393. The first kappa shape index (κ1) is 14.2. The molecule has 1 rings (SSSR count). The lowest BCUT2D eigenvalue weighted by Crippen LogP contribution is -2.27. The van der Waals surface area contributed by atoms with E-state index in [1.165, 1.54) is 0 Å². The molecule has 1 N–H and O–H groups in total. The zero-order chi connectivity index (χ0) is 12.3. The van der Waals surface area contributed by atoms with Crippen LogP contribution in [0.3, 0.4) is 0 Å². The summed E-state index contributed by atoms with van der Waals surface area (Å²) in [6.45, 7) is 3.99. The van der Waals surface area contributed by atoms with Gasteiger partial charge in [-0.25, -0.2) is 0 Å². The molecule has 5 heteroatoms. The molecule has 0 saturated heterocycles. The zero-order valence-electron chi connectivity index (χ0n) is 8.93. The van der Waals surface area contributed by atoms with Gasteiger partial charge in [0.2, 0.25) is 5.91 Å². The minimum absolute atomic E-state index is 0.0335.